The average molecular weight is 209 g/mol. The van der Waals surface area contributed by atoms with Gasteiger partial charge in [0.2, 0.25) is 0 Å². The van der Waals surface area contributed by atoms with E-state index in [-0.39, 0.29) is 0 Å². The molecule has 0 saturated heterocycles. The van der Waals surface area contributed by atoms with Crippen molar-refractivity contribution in [3.63, 3.8) is 0 Å². The molecule has 0 atom stereocenters. The second-order valence-electron chi connectivity index (χ2n) is 3.18. The first kappa shape index (κ1) is 13.7. The van der Waals surface area contributed by atoms with E-state index in [1.807, 2.05) is 38.3 Å². The van der Waals surface area contributed by atoms with Crippen molar-refractivity contribution >= 4 is 6.47 Å². The molecule has 3 nitrogen and oxygen atoms in total. The number of carbonyl (C=O) groups excluding carboxylic acids is 1. The zero-order valence-electron chi connectivity index (χ0n) is 9.48. The topological polar surface area (TPSA) is 29.5 Å². The maximum Gasteiger partial charge on any atom is 0.293 e. The number of nitrogens with zero attached hydrogens (tertiary/aromatic N) is 1. The van der Waals surface area contributed by atoms with E-state index in [1.165, 1.54) is 0 Å². The number of rotatable bonds is 8. The highest BCUT2D eigenvalue weighted by Gasteiger charge is 1.99. The van der Waals surface area contributed by atoms with E-state index in [9.17, 15) is 4.79 Å². The minimum Gasteiger partial charge on any atom is -0.467 e. The van der Waals surface area contributed by atoms with Gasteiger partial charge in [0, 0.05) is 13.1 Å². The number of ether oxygens (including phenoxy) is 1. The molecule has 0 amide bonds. The summed E-state index contributed by atoms with van der Waals surface area (Å²) in [7, 11) is 1.97. The van der Waals surface area contributed by atoms with Crippen molar-refractivity contribution in [1.82, 2.24) is 4.90 Å². The number of hydrogen-bond donors (Lipinski definition) is 0. The van der Waals surface area contributed by atoms with Crippen molar-refractivity contribution in [3.8, 4) is 0 Å². The summed E-state index contributed by atoms with van der Waals surface area (Å²) in [6.45, 7) is 8.14. The lowest BCUT2D eigenvalue weighted by Gasteiger charge is -2.16. The molecule has 0 spiro atoms. The van der Waals surface area contributed by atoms with Gasteiger partial charge in [-0.25, -0.2) is 0 Å². The summed E-state index contributed by atoms with van der Waals surface area (Å²) < 4.78 is 4.62. The lowest BCUT2D eigenvalue weighted by molar-refractivity contribution is -0.128. The molecule has 0 rings (SSSR count). The Balaban J connectivity index is 3.95. The highest BCUT2D eigenvalue weighted by molar-refractivity contribution is 5.36. The van der Waals surface area contributed by atoms with Crippen LogP contribution in [0.2, 0.25) is 0 Å². The molecule has 0 heterocycles. The van der Waals surface area contributed by atoms with E-state index in [0.29, 0.717) is 13.1 Å². The standard InChI is InChI=1S/C12H19NO2/c1-4-6-7-12(5-2)10-13(3)8-9-15-11-14/h4-7,11H,2,8-10H2,1,3H3/b6-4-,12-7+. The van der Waals surface area contributed by atoms with Crippen LogP contribution in [0.1, 0.15) is 6.92 Å². The maximum atomic E-state index is 9.93. The summed E-state index contributed by atoms with van der Waals surface area (Å²) in [6.07, 6.45) is 7.80. The fourth-order valence-electron chi connectivity index (χ4n) is 1.05. The van der Waals surface area contributed by atoms with Crippen molar-refractivity contribution < 1.29 is 9.53 Å². The van der Waals surface area contributed by atoms with Gasteiger partial charge < -0.3 is 4.74 Å². The van der Waals surface area contributed by atoms with E-state index in [1.54, 1.807) is 0 Å². The molecule has 15 heavy (non-hydrogen) atoms. The van der Waals surface area contributed by atoms with Gasteiger partial charge in [-0.2, -0.15) is 0 Å². The smallest absolute Gasteiger partial charge is 0.293 e. The van der Waals surface area contributed by atoms with Crippen LogP contribution in [0.25, 0.3) is 0 Å². The maximum absolute atomic E-state index is 9.93. The van der Waals surface area contributed by atoms with Gasteiger partial charge in [0.25, 0.3) is 6.47 Å². The van der Waals surface area contributed by atoms with Crippen LogP contribution in [0, 0.1) is 0 Å². The molecule has 0 aliphatic carbocycles. The zero-order valence-corrected chi connectivity index (χ0v) is 9.48. The van der Waals surface area contributed by atoms with Crippen molar-refractivity contribution in [2.24, 2.45) is 0 Å². The van der Waals surface area contributed by atoms with E-state index >= 15 is 0 Å². The average Bonchev–Trinajstić information content (AvgIpc) is 2.24. The van der Waals surface area contributed by atoms with Crippen LogP contribution < -0.4 is 0 Å². The Labute approximate surface area is 91.7 Å². The predicted molar refractivity (Wildman–Crippen MR) is 62.6 cm³/mol. The van der Waals surface area contributed by atoms with Crippen LogP contribution in [-0.4, -0.2) is 38.1 Å². The second-order valence-corrected chi connectivity index (χ2v) is 3.18. The minimum absolute atomic E-state index is 0.425. The van der Waals surface area contributed by atoms with Gasteiger partial charge in [0.05, 0.1) is 0 Å². The lowest BCUT2D eigenvalue weighted by Crippen LogP contribution is -2.24. The summed E-state index contributed by atoms with van der Waals surface area (Å²) in [4.78, 5) is 12.0. The van der Waals surface area contributed by atoms with Gasteiger partial charge in [0.15, 0.2) is 0 Å². The zero-order chi connectivity index (χ0) is 11.5. The molecular weight excluding hydrogens is 190 g/mol. The van der Waals surface area contributed by atoms with E-state index in [4.69, 9.17) is 0 Å². The number of allylic oxidation sites excluding steroid dienone is 3. The van der Waals surface area contributed by atoms with Gasteiger partial charge in [-0.3, -0.25) is 9.69 Å². The van der Waals surface area contributed by atoms with E-state index < -0.39 is 0 Å². The number of hydrogen-bond acceptors (Lipinski definition) is 3. The molecule has 0 saturated carbocycles. The van der Waals surface area contributed by atoms with Gasteiger partial charge in [0.1, 0.15) is 6.61 Å². The molecule has 0 aliphatic rings. The molecule has 0 bridgehead atoms. The molecule has 0 aromatic heterocycles. The third kappa shape index (κ3) is 7.70. The molecule has 0 aromatic rings. The Bertz CT molecular complexity index is 244. The largest absolute Gasteiger partial charge is 0.467 e. The van der Waals surface area contributed by atoms with Crippen LogP contribution in [0.5, 0.6) is 0 Å². The molecule has 0 aliphatic heterocycles. The molecule has 3 heteroatoms. The Hall–Kier alpha value is -1.35. The monoisotopic (exact) mass is 209 g/mol. The predicted octanol–water partition coefficient (Wildman–Crippen LogP) is 1.78. The molecule has 0 radical (unpaired) electrons. The highest BCUT2D eigenvalue weighted by Crippen LogP contribution is 1.99. The fraction of sp³-hybridized carbons (Fsp3) is 0.417. The van der Waals surface area contributed by atoms with E-state index in [0.717, 1.165) is 18.7 Å². The Morgan fingerprint density at radius 2 is 2.27 bits per heavy atom. The van der Waals surface area contributed by atoms with Gasteiger partial charge >= 0.3 is 0 Å². The van der Waals surface area contributed by atoms with Crippen LogP contribution >= 0.6 is 0 Å². The van der Waals surface area contributed by atoms with E-state index in [2.05, 4.69) is 16.2 Å². The van der Waals surface area contributed by atoms with Crippen LogP contribution in [-0.2, 0) is 9.53 Å². The Morgan fingerprint density at radius 1 is 1.53 bits per heavy atom. The molecule has 0 fully saturated rings. The van der Waals surface area contributed by atoms with Crippen molar-refractivity contribution in [1.29, 1.82) is 0 Å². The van der Waals surface area contributed by atoms with Gasteiger partial charge in [-0.05, 0) is 19.5 Å². The van der Waals surface area contributed by atoms with Crippen LogP contribution in [0.3, 0.4) is 0 Å². The summed E-state index contributed by atoms with van der Waals surface area (Å²) >= 11 is 0. The van der Waals surface area contributed by atoms with Crippen LogP contribution in [0.4, 0.5) is 0 Å². The summed E-state index contributed by atoms with van der Waals surface area (Å²) in [5.74, 6) is 0. The van der Waals surface area contributed by atoms with Gasteiger partial charge in [-0.15, -0.1) is 0 Å². The van der Waals surface area contributed by atoms with Crippen molar-refractivity contribution in [2.75, 3.05) is 26.7 Å². The molecule has 0 aromatic carbocycles. The molecular formula is C12H19NO2. The summed E-state index contributed by atoms with van der Waals surface area (Å²) in [5, 5.41) is 0. The second kappa shape index (κ2) is 9.21. The minimum atomic E-state index is 0.425. The summed E-state index contributed by atoms with van der Waals surface area (Å²) in [6, 6.07) is 0. The molecule has 0 unspecified atom stereocenters. The normalized spacial score (nSPS) is 12.1. The lowest BCUT2D eigenvalue weighted by atomic mass is 10.2. The highest BCUT2D eigenvalue weighted by atomic mass is 16.5. The summed E-state index contributed by atoms with van der Waals surface area (Å²) in [5.41, 5.74) is 1.14. The van der Waals surface area contributed by atoms with Crippen LogP contribution in [0.15, 0.2) is 36.5 Å². The van der Waals surface area contributed by atoms with Gasteiger partial charge in [-0.1, -0.05) is 30.9 Å². The first-order valence-electron chi connectivity index (χ1n) is 4.92. The van der Waals surface area contributed by atoms with Crippen molar-refractivity contribution in [2.45, 2.75) is 6.92 Å². The first-order chi connectivity index (χ1) is 7.24. The number of carbonyl (C=O) groups is 1. The Morgan fingerprint density at radius 3 is 2.80 bits per heavy atom. The third-order valence-electron chi connectivity index (χ3n) is 1.88. The first-order valence-corrected chi connectivity index (χ1v) is 4.92. The van der Waals surface area contributed by atoms with Crippen molar-refractivity contribution in [3.05, 3.63) is 36.5 Å². The molecule has 0 N–H and O–H groups in total. The third-order valence-corrected chi connectivity index (χ3v) is 1.88. The Kier molecular flexibility index (Phi) is 8.39. The SMILES string of the molecule is C=C/C(=C\C=C/C)CN(C)CCOC=O. The fourth-order valence-corrected chi connectivity index (χ4v) is 1.05. The molecule has 84 valence electrons. The number of likely N-dealkylation sites (N-methyl/N-ethyl adjacent to an activating group) is 1. The quantitative estimate of drug-likeness (QED) is 0.347.